The molecule has 0 aromatic rings. The summed E-state index contributed by atoms with van der Waals surface area (Å²) in [6, 6.07) is 0.215. The van der Waals surface area contributed by atoms with Crippen molar-refractivity contribution in [2.45, 2.75) is 51.0 Å². The van der Waals surface area contributed by atoms with Crippen molar-refractivity contribution < 1.29 is 4.79 Å². The predicted octanol–water partition coefficient (Wildman–Crippen LogP) is 2.15. The number of thioether (sulfide) groups is 1. The molecule has 1 aliphatic heterocycles. The first-order valence-corrected chi connectivity index (χ1v) is 8.55. The first kappa shape index (κ1) is 14.2. The lowest BCUT2D eigenvalue weighted by atomic mass is 9.83. The van der Waals surface area contributed by atoms with Crippen LogP contribution in [0.2, 0.25) is 0 Å². The second-order valence-corrected chi connectivity index (χ2v) is 6.86. The van der Waals surface area contributed by atoms with Crippen LogP contribution in [0.3, 0.4) is 0 Å². The molecule has 2 aliphatic rings. The summed E-state index contributed by atoms with van der Waals surface area (Å²) in [7, 11) is 0. The molecule has 1 aliphatic carbocycles. The zero-order valence-corrected chi connectivity index (χ0v) is 12.0. The molecule has 0 spiro atoms. The number of carbonyl (C=O) groups is 1. The molecule has 3 nitrogen and oxygen atoms in total. The standard InChI is InChI=1S/C14H26N2OS/c15-10-13(11-4-2-1-3-5-11)16-14(17)12-6-8-18-9-7-12/h11-13H,1-10,15H2,(H,16,17). The minimum atomic E-state index is 0.215. The highest BCUT2D eigenvalue weighted by Gasteiger charge is 2.27. The van der Waals surface area contributed by atoms with Crippen LogP contribution in [0.1, 0.15) is 44.9 Å². The third kappa shape index (κ3) is 3.89. The summed E-state index contributed by atoms with van der Waals surface area (Å²) in [5.41, 5.74) is 5.86. The molecule has 1 amide bonds. The van der Waals surface area contributed by atoms with E-state index in [0.717, 1.165) is 24.3 Å². The first-order valence-electron chi connectivity index (χ1n) is 7.39. The van der Waals surface area contributed by atoms with E-state index in [1.165, 1.54) is 32.1 Å². The Balaban J connectivity index is 1.82. The number of carbonyl (C=O) groups excluding carboxylic acids is 1. The third-order valence-corrected chi connectivity index (χ3v) is 5.44. The molecule has 0 aromatic heterocycles. The van der Waals surface area contributed by atoms with Crippen LogP contribution < -0.4 is 11.1 Å². The summed E-state index contributed by atoms with van der Waals surface area (Å²) in [6.45, 7) is 0.595. The van der Waals surface area contributed by atoms with E-state index < -0.39 is 0 Å². The SMILES string of the molecule is NCC(NC(=O)C1CCSCC1)C1CCCCC1. The van der Waals surface area contributed by atoms with Crippen molar-refractivity contribution in [1.82, 2.24) is 5.32 Å². The normalized spacial score (nSPS) is 24.7. The van der Waals surface area contributed by atoms with Gasteiger partial charge >= 0.3 is 0 Å². The number of nitrogens with two attached hydrogens (primary N) is 1. The lowest BCUT2D eigenvalue weighted by Gasteiger charge is -2.31. The van der Waals surface area contributed by atoms with E-state index in [1.54, 1.807) is 0 Å². The van der Waals surface area contributed by atoms with Crippen molar-refractivity contribution in [3.63, 3.8) is 0 Å². The molecule has 1 heterocycles. The Labute approximate surface area is 115 Å². The fourth-order valence-corrected chi connectivity index (χ4v) is 4.27. The van der Waals surface area contributed by atoms with Crippen LogP contribution >= 0.6 is 11.8 Å². The van der Waals surface area contributed by atoms with E-state index in [2.05, 4.69) is 5.32 Å². The van der Waals surface area contributed by atoms with Crippen molar-refractivity contribution in [3.8, 4) is 0 Å². The predicted molar refractivity (Wildman–Crippen MR) is 77.6 cm³/mol. The molecule has 1 saturated carbocycles. The average Bonchev–Trinajstić information content (AvgIpc) is 2.46. The van der Waals surface area contributed by atoms with Crippen molar-refractivity contribution in [2.75, 3.05) is 18.1 Å². The number of amides is 1. The Morgan fingerprint density at radius 2 is 1.83 bits per heavy atom. The summed E-state index contributed by atoms with van der Waals surface area (Å²) >= 11 is 1.96. The van der Waals surface area contributed by atoms with Crippen molar-refractivity contribution in [2.24, 2.45) is 17.6 Å². The van der Waals surface area contributed by atoms with Crippen LogP contribution in [0.5, 0.6) is 0 Å². The summed E-state index contributed by atoms with van der Waals surface area (Å²) in [5, 5.41) is 3.23. The van der Waals surface area contributed by atoms with Gasteiger partial charge in [0.25, 0.3) is 0 Å². The highest BCUT2D eigenvalue weighted by molar-refractivity contribution is 7.99. The highest BCUT2D eigenvalue weighted by Crippen LogP contribution is 2.27. The minimum absolute atomic E-state index is 0.215. The van der Waals surface area contributed by atoms with Crippen LogP contribution in [0, 0.1) is 11.8 Å². The van der Waals surface area contributed by atoms with Gasteiger partial charge in [-0.2, -0.15) is 11.8 Å². The van der Waals surface area contributed by atoms with Gasteiger partial charge in [-0.1, -0.05) is 19.3 Å². The lowest BCUT2D eigenvalue weighted by molar-refractivity contribution is -0.126. The molecule has 18 heavy (non-hydrogen) atoms. The molecule has 3 N–H and O–H groups in total. The smallest absolute Gasteiger partial charge is 0.223 e. The molecule has 2 rings (SSSR count). The molecule has 1 saturated heterocycles. The molecule has 0 bridgehead atoms. The summed E-state index contributed by atoms with van der Waals surface area (Å²) in [6.07, 6.45) is 8.51. The largest absolute Gasteiger partial charge is 0.352 e. The maximum atomic E-state index is 12.2. The molecule has 104 valence electrons. The van der Waals surface area contributed by atoms with Crippen molar-refractivity contribution in [1.29, 1.82) is 0 Å². The lowest BCUT2D eigenvalue weighted by Crippen LogP contribution is -2.48. The molecule has 1 atom stereocenters. The molecule has 1 unspecified atom stereocenters. The molecule has 0 aromatic carbocycles. The van der Waals surface area contributed by atoms with E-state index in [-0.39, 0.29) is 17.9 Å². The zero-order valence-electron chi connectivity index (χ0n) is 11.2. The first-order chi connectivity index (χ1) is 8.81. The van der Waals surface area contributed by atoms with Crippen LogP contribution in [0.25, 0.3) is 0 Å². The second kappa shape index (κ2) is 7.39. The Kier molecular flexibility index (Phi) is 5.83. The number of hydrogen-bond donors (Lipinski definition) is 2. The van der Waals surface area contributed by atoms with Gasteiger partial charge in [-0.3, -0.25) is 4.79 Å². The maximum Gasteiger partial charge on any atom is 0.223 e. The fourth-order valence-electron chi connectivity index (χ4n) is 3.17. The molecule has 4 heteroatoms. The molecular weight excluding hydrogens is 244 g/mol. The Morgan fingerprint density at radius 3 is 2.44 bits per heavy atom. The van der Waals surface area contributed by atoms with Crippen LogP contribution in [0.15, 0.2) is 0 Å². The number of rotatable bonds is 4. The molecule has 2 fully saturated rings. The van der Waals surface area contributed by atoms with Crippen LogP contribution in [-0.4, -0.2) is 30.0 Å². The van der Waals surface area contributed by atoms with Crippen LogP contribution in [-0.2, 0) is 4.79 Å². The minimum Gasteiger partial charge on any atom is -0.352 e. The second-order valence-electron chi connectivity index (χ2n) is 5.64. The highest BCUT2D eigenvalue weighted by atomic mass is 32.2. The van der Waals surface area contributed by atoms with Gasteiger partial charge in [-0.05, 0) is 43.1 Å². The summed E-state index contributed by atoms with van der Waals surface area (Å²) < 4.78 is 0. The van der Waals surface area contributed by atoms with E-state index in [9.17, 15) is 4.79 Å². The Hall–Kier alpha value is -0.220. The van der Waals surface area contributed by atoms with Crippen molar-refractivity contribution in [3.05, 3.63) is 0 Å². The third-order valence-electron chi connectivity index (χ3n) is 4.39. The molecule has 0 radical (unpaired) electrons. The van der Waals surface area contributed by atoms with Gasteiger partial charge in [-0.15, -0.1) is 0 Å². The Morgan fingerprint density at radius 1 is 1.17 bits per heavy atom. The van der Waals surface area contributed by atoms with Crippen molar-refractivity contribution >= 4 is 17.7 Å². The monoisotopic (exact) mass is 270 g/mol. The van der Waals surface area contributed by atoms with Gasteiger partial charge in [0.15, 0.2) is 0 Å². The van der Waals surface area contributed by atoms with Gasteiger partial charge in [0.2, 0.25) is 5.91 Å². The van der Waals surface area contributed by atoms with E-state index in [0.29, 0.717) is 12.5 Å². The van der Waals surface area contributed by atoms with E-state index in [1.807, 2.05) is 11.8 Å². The van der Waals surface area contributed by atoms with Gasteiger partial charge < -0.3 is 11.1 Å². The Bertz CT molecular complexity index is 261. The van der Waals surface area contributed by atoms with Gasteiger partial charge in [0, 0.05) is 18.5 Å². The van der Waals surface area contributed by atoms with Gasteiger partial charge in [0.05, 0.1) is 0 Å². The topological polar surface area (TPSA) is 55.1 Å². The number of hydrogen-bond acceptors (Lipinski definition) is 3. The quantitative estimate of drug-likeness (QED) is 0.823. The van der Waals surface area contributed by atoms with E-state index >= 15 is 0 Å². The van der Waals surface area contributed by atoms with E-state index in [4.69, 9.17) is 5.73 Å². The fraction of sp³-hybridized carbons (Fsp3) is 0.929. The van der Waals surface area contributed by atoms with Crippen LogP contribution in [0.4, 0.5) is 0 Å². The molecular formula is C14H26N2OS. The van der Waals surface area contributed by atoms with Gasteiger partial charge in [-0.25, -0.2) is 0 Å². The zero-order chi connectivity index (χ0) is 12.8. The van der Waals surface area contributed by atoms with Gasteiger partial charge in [0.1, 0.15) is 0 Å². The maximum absolute atomic E-state index is 12.2. The number of nitrogens with one attached hydrogen (secondary N) is 1. The summed E-state index contributed by atoms with van der Waals surface area (Å²) in [5.74, 6) is 3.38. The summed E-state index contributed by atoms with van der Waals surface area (Å²) in [4.78, 5) is 12.2. The average molecular weight is 270 g/mol.